The zero-order valence-electron chi connectivity index (χ0n) is 12.3. The smallest absolute Gasteiger partial charge is 0.0733 e. The highest BCUT2D eigenvalue weighted by atomic mass is 35.5. The molecule has 0 fully saturated rings. The van der Waals surface area contributed by atoms with Crippen LogP contribution in [0.4, 0.5) is 0 Å². The zero-order chi connectivity index (χ0) is 16.2. The van der Waals surface area contributed by atoms with E-state index in [9.17, 15) is 0 Å². The molecule has 0 aliphatic rings. The first-order valence-electron chi connectivity index (χ1n) is 7.29. The molecular formula is C17H16Cl2N4. The third-order valence-corrected chi connectivity index (χ3v) is 4.52. The average Bonchev–Trinajstić information content (AvgIpc) is 3.10. The van der Waals surface area contributed by atoms with Crippen LogP contribution >= 0.6 is 23.2 Å². The monoisotopic (exact) mass is 346 g/mol. The van der Waals surface area contributed by atoms with Crippen molar-refractivity contribution in [3.63, 3.8) is 0 Å². The summed E-state index contributed by atoms with van der Waals surface area (Å²) in [7, 11) is 0. The van der Waals surface area contributed by atoms with Gasteiger partial charge in [0.15, 0.2) is 0 Å². The predicted octanol–water partition coefficient (Wildman–Crippen LogP) is 4.26. The summed E-state index contributed by atoms with van der Waals surface area (Å²) in [4.78, 5) is 4.53. The Morgan fingerprint density at radius 3 is 2.48 bits per heavy atom. The van der Waals surface area contributed by atoms with Crippen molar-refractivity contribution in [2.45, 2.75) is 12.3 Å². The van der Waals surface area contributed by atoms with Gasteiger partial charge in [-0.05, 0) is 42.3 Å². The fraction of sp³-hybridized carbons (Fsp3) is 0.176. The first kappa shape index (κ1) is 16.0. The van der Waals surface area contributed by atoms with E-state index in [0.717, 1.165) is 28.8 Å². The first-order chi connectivity index (χ1) is 11.2. The molecule has 2 aromatic heterocycles. The molecule has 0 aliphatic heterocycles. The van der Waals surface area contributed by atoms with E-state index in [4.69, 9.17) is 28.9 Å². The Hall–Kier alpha value is -1.88. The van der Waals surface area contributed by atoms with E-state index in [-0.39, 0.29) is 5.92 Å². The predicted molar refractivity (Wildman–Crippen MR) is 93.8 cm³/mol. The number of nitrogens with zero attached hydrogens (tertiary/aromatic N) is 2. The Morgan fingerprint density at radius 2 is 1.87 bits per heavy atom. The summed E-state index contributed by atoms with van der Waals surface area (Å²) in [5.41, 5.74) is 9.81. The number of pyridine rings is 1. The van der Waals surface area contributed by atoms with E-state index >= 15 is 0 Å². The minimum Gasteiger partial charge on any atom is -0.330 e. The Morgan fingerprint density at radius 1 is 1.04 bits per heavy atom. The van der Waals surface area contributed by atoms with Crippen molar-refractivity contribution in [1.29, 1.82) is 0 Å². The van der Waals surface area contributed by atoms with Gasteiger partial charge < -0.3 is 5.73 Å². The lowest BCUT2D eigenvalue weighted by atomic mass is 9.89. The second kappa shape index (κ2) is 7.13. The summed E-state index contributed by atoms with van der Waals surface area (Å²) in [5.74, 6) is 0.140. The molecular weight excluding hydrogens is 331 g/mol. The van der Waals surface area contributed by atoms with Crippen molar-refractivity contribution < 1.29 is 0 Å². The van der Waals surface area contributed by atoms with Gasteiger partial charge >= 0.3 is 0 Å². The number of nitrogens with two attached hydrogens (primary N) is 1. The Balaban J connectivity index is 1.93. The van der Waals surface area contributed by atoms with Crippen molar-refractivity contribution in [3.8, 4) is 11.3 Å². The molecule has 0 aliphatic carbocycles. The first-order valence-corrected chi connectivity index (χ1v) is 8.04. The third kappa shape index (κ3) is 3.55. The Labute approximate surface area is 144 Å². The molecule has 0 amide bonds. The maximum Gasteiger partial charge on any atom is 0.0733 e. The van der Waals surface area contributed by atoms with E-state index in [0.29, 0.717) is 16.6 Å². The van der Waals surface area contributed by atoms with Gasteiger partial charge in [0.2, 0.25) is 0 Å². The number of H-pyrrole nitrogens is 1. The minimum atomic E-state index is 0.140. The van der Waals surface area contributed by atoms with Gasteiger partial charge in [-0.3, -0.25) is 10.1 Å². The Bertz CT molecular complexity index is 770. The summed E-state index contributed by atoms with van der Waals surface area (Å²) in [6.45, 7) is 0.578. The molecule has 0 saturated heterocycles. The molecule has 1 unspecified atom stereocenters. The van der Waals surface area contributed by atoms with Crippen LogP contribution in [0.5, 0.6) is 0 Å². The summed E-state index contributed by atoms with van der Waals surface area (Å²) in [5, 5.41) is 7.83. The molecule has 0 spiro atoms. The quantitative estimate of drug-likeness (QED) is 0.725. The van der Waals surface area contributed by atoms with Crippen LogP contribution < -0.4 is 5.73 Å². The lowest BCUT2D eigenvalue weighted by Crippen LogP contribution is -2.09. The van der Waals surface area contributed by atoms with Crippen LogP contribution in [0, 0.1) is 0 Å². The Kier molecular flexibility index (Phi) is 4.96. The number of hydrogen-bond donors (Lipinski definition) is 2. The maximum absolute atomic E-state index is 6.15. The van der Waals surface area contributed by atoms with E-state index in [2.05, 4.69) is 21.2 Å². The number of benzene rings is 1. The highest BCUT2D eigenvalue weighted by Gasteiger charge is 2.15. The van der Waals surface area contributed by atoms with Crippen LogP contribution in [0.3, 0.4) is 0 Å². The molecule has 6 heteroatoms. The number of nitrogens with one attached hydrogen (secondary N) is 1. The lowest BCUT2D eigenvalue weighted by Gasteiger charge is -2.18. The molecule has 3 aromatic rings. The van der Waals surface area contributed by atoms with Gasteiger partial charge in [0.05, 0.1) is 21.9 Å². The molecule has 3 rings (SSSR count). The normalized spacial score (nSPS) is 12.3. The van der Waals surface area contributed by atoms with Crippen LogP contribution in [0.15, 0.2) is 48.9 Å². The summed E-state index contributed by atoms with van der Waals surface area (Å²) in [6.07, 6.45) is 6.26. The van der Waals surface area contributed by atoms with Gasteiger partial charge in [0.1, 0.15) is 0 Å². The van der Waals surface area contributed by atoms with Gasteiger partial charge in [-0.2, -0.15) is 5.10 Å². The van der Waals surface area contributed by atoms with Gasteiger partial charge in [0.25, 0.3) is 0 Å². The maximum atomic E-state index is 6.15. The standard InChI is InChI=1S/C17H16Cl2N4/c18-15-3-1-11(7-16(15)19)14(5-6-20)12-2-4-17(21-8-12)13-9-22-23-10-13/h1-4,7-10,14H,5-6,20H2,(H,22,23). The number of hydrogen-bond acceptors (Lipinski definition) is 3. The van der Waals surface area contributed by atoms with Crippen LogP contribution in [0.1, 0.15) is 23.5 Å². The van der Waals surface area contributed by atoms with Gasteiger partial charge in [-0.1, -0.05) is 35.3 Å². The molecule has 1 aromatic carbocycles. The van der Waals surface area contributed by atoms with Gasteiger partial charge in [-0.15, -0.1) is 0 Å². The van der Waals surface area contributed by atoms with E-state index in [1.165, 1.54) is 0 Å². The number of halogens is 2. The molecule has 0 radical (unpaired) electrons. The van der Waals surface area contributed by atoms with Crippen molar-refractivity contribution in [2.75, 3.05) is 6.54 Å². The number of aromatic nitrogens is 3. The highest BCUT2D eigenvalue weighted by molar-refractivity contribution is 6.42. The van der Waals surface area contributed by atoms with Crippen molar-refractivity contribution in [3.05, 3.63) is 70.1 Å². The number of aromatic amines is 1. The topological polar surface area (TPSA) is 67.6 Å². The van der Waals surface area contributed by atoms with Crippen LogP contribution in [0.2, 0.25) is 10.0 Å². The molecule has 4 nitrogen and oxygen atoms in total. The molecule has 0 saturated carbocycles. The van der Waals surface area contributed by atoms with E-state index < -0.39 is 0 Å². The molecule has 1 atom stereocenters. The lowest BCUT2D eigenvalue weighted by molar-refractivity contribution is 0.723. The molecule has 118 valence electrons. The minimum absolute atomic E-state index is 0.140. The molecule has 3 N–H and O–H groups in total. The van der Waals surface area contributed by atoms with Crippen LogP contribution in [0.25, 0.3) is 11.3 Å². The molecule has 2 heterocycles. The van der Waals surface area contributed by atoms with Crippen molar-refractivity contribution in [2.24, 2.45) is 5.73 Å². The average molecular weight is 347 g/mol. The largest absolute Gasteiger partial charge is 0.330 e. The second-order valence-electron chi connectivity index (χ2n) is 5.27. The van der Waals surface area contributed by atoms with Gasteiger partial charge in [-0.25, -0.2) is 0 Å². The van der Waals surface area contributed by atoms with Crippen LogP contribution in [-0.4, -0.2) is 21.7 Å². The van der Waals surface area contributed by atoms with Crippen LogP contribution in [-0.2, 0) is 0 Å². The van der Waals surface area contributed by atoms with E-state index in [1.807, 2.05) is 36.7 Å². The fourth-order valence-corrected chi connectivity index (χ4v) is 2.90. The number of rotatable bonds is 5. The van der Waals surface area contributed by atoms with Crippen molar-refractivity contribution >= 4 is 23.2 Å². The van der Waals surface area contributed by atoms with Gasteiger partial charge in [0, 0.05) is 23.9 Å². The fourth-order valence-electron chi connectivity index (χ4n) is 2.59. The second-order valence-corrected chi connectivity index (χ2v) is 6.08. The summed E-state index contributed by atoms with van der Waals surface area (Å²) in [6, 6.07) is 9.75. The molecule has 23 heavy (non-hydrogen) atoms. The highest BCUT2D eigenvalue weighted by Crippen LogP contribution is 2.32. The molecule has 0 bridgehead atoms. The zero-order valence-corrected chi connectivity index (χ0v) is 13.8. The summed E-state index contributed by atoms with van der Waals surface area (Å²) < 4.78 is 0. The van der Waals surface area contributed by atoms with E-state index in [1.54, 1.807) is 6.20 Å². The third-order valence-electron chi connectivity index (χ3n) is 3.78. The van der Waals surface area contributed by atoms with Crippen molar-refractivity contribution in [1.82, 2.24) is 15.2 Å². The SMILES string of the molecule is NCCC(c1ccc(-c2cn[nH]c2)nc1)c1ccc(Cl)c(Cl)c1. The summed E-state index contributed by atoms with van der Waals surface area (Å²) >= 11 is 12.2.